The molecule has 3 aromatic rings. The summed E-state index contributed by atoms with van der Waals surface area (Å²) >= 11 is 0. The first-order valence-corrected chi connectivity index (χ1v) is 5.22. The Kier molecular flexibility index (Phi) is 2.08. The molecule has 84 valence electrons. The SMILES string of the molecule is Nc1ccnc(-c2cc3cc(F)ccc3[nH]2)c1. The normalized spacial score (nSPS) is 10.9. The van der Waals surface area contributed by atoms with E-state index < -0.39 is 0 Å². The van der Waals surface area contributed by atoms with Crippen LogP contribution in [-0.2, 0) is 0 Å². The Hall–Kier alpha value is -2.36. The van der Waals surface area contributed by atoms with Crippen LogP contribution in [0.3, 0.4) is 0 Å². The number of aromatic nitrogens is 2. The van der Waals surface area contributed by atoms with E-state index in [1.165, 1.54) is 12.1 Å². The molecule has 1 aromatic carbocycles. The second-order valence-corrected chi connectivity index (χ2v) is 3.89. The number of benzene rings is 1. The number of hydrogen-bond donors (Lipinski definition) is 2. The van der Waals surface area contributed by atoms with E-state index in [4.69, 9.17) is 5.73 Å². The van der Waals surface area contributed by atoms with E-state index in [-0.39, 0.29) is 5.82 Å². The number of nitrogens with one attached hydrogen (secondary N) is 1. The molecule has 2 heterocycles. The molecule has 0 spiro atoms. The third-order valence-electron chi connectivity index (χ3n) is 2.64. The Morgan fingerprint density at radius 2 is 2.00 bits per heavy atom. The van der Waals surface area contributed by atoms with Crippen molar-refractivity contribution < 1.29 is 4.39 Å². The Morgan fingerprint density at radius 3 is 2.82 bits per heavy atom. The number of anilines is 1. The first kappa shape index (κ1) is 9.84. The quantitative estimate of drug-likeness (QED) is 0.671. The largest absolute Gasteiger partial charge is 0.399 e. The smallest absolute Gasteiger partial charge is 0.123 e. The number of hydrogen-bond acceptors (Lipinski definition) is 2. The van der Waals surface area contributed by atoms with Crippen molar-refractivity contribution >= 4 is 16.6 Å². The molecule has 4 heteroatoms. The lowest BCUT2D eigenvalue weighted by Crippen LogP contribution is -1.88. The average molecular weight is 227 g/mol. The molecule has 0 saturated carbocycles. The minimum absolute atomic E-state index is 0.247. The van der Waals surface area contributed by atoms with E-state index in [9.17, 15) is 4.39 Å². The predicted molar refractivity (Wildman–Crippen MR) is 65.9 cm³/mol. The van der Waals surface area contributed by atoms with Crippen LogP contribution in [0.2, 0.25) is 0 Å². The van der Waals surface area contributed by atoms with Gasteiger partial charge in [-0.2, -0.15) is 0 Å². The summed E-state index contributed by atoms with van der Waals surface area (Å²) in [4.78, 5) is 7.40. The number of nitrogen functional groups attached to an aromatic ring is 1. The Morgan fingerprint density at radius 1 is 1.12 bits per heavy atom. The van der Waals surface area contributed by atoms with Crippen molar-refractivity contribution in [2.45, 2.75) is 0 Å². The molecule has 0 aliphatic carbocycles. The fraction of sp³-hybridized carbons (Fsp3) is 0. The van der Waals surface area contributed by atoms with Crippen LogP contribution in [-0.4, -0.2) is 9.97 Å². The molecule has 0 aliphatic rings. The number of aromatic amines is 1. The van der Waals surface area contributed by atoms with E-state index >= 15 is 0 Å². The molecule has 0 unspecified atom stereocenters. The van der Waals surface area contributed by atoms with Crippen LogP contribution in [0.25, 0.3) is 22.3 Å². The van der Waals surface area contributed by atoms with Crippen LogP contribution in [0.15, 0.2) is 42.6 Å². The van der Waals surface area contributed by atoms with E-state index in [0.29, 0.717) is 5.69 Å². The molecule has 0 radical (unpaired) electrons. The molecule has 0 atom stereocenters. The van der Waals surface area contributed by atoms with Gasteiger partial charge in [0.1, 0.15) is 5.82 Å². The number of nitrogens with two attached hydrogens (primary N) is 1. The molecular formula is C13H10FN3. The van der Waals surface area contributed by atoms with Gasteiger partial charge in [0.15, 0.2) is 0 Å². The highest BCUT2D eigenvalue weighted by atomic mass is 19.1. The van der Waals surface area contributed by atoms with Gasteiger partial charge < -0.3 is 10.7 Å². The third-order valence-corrected chi connectivity index (χ3v) is 2.64. The van der Waals surface area contributed by atoms with Gasteiger partial charge in [-0.3, -0.25) is 4.98 Å². The number of pyridine rings is 1. The molecule has 3 N–H and O–H groups in total. The van der Waals surface area contributed by atoms with Gasteiger partial charge in [0.25, 0.3) is 0 Å². The fourth-order valence-corrected chi connectivity index (χ4v) is 1.84. The molecule has 0 amide bonds. The maximum atomic E-state index is 13.1. The average Bonchev–Trinajstić information content (AvgIpc) is 2.72. The summed E-state index contributed by atoms with van der Waals surface area (Å²) in [6.07, 6.45) is 1.65. The van der Waals surface area contributed by atoms with E-state index in [2.05, 4.69) is 9.97 Å². The van der Waals surface area contributed by atoms with Gasteiger partial charge in [-0.15, -0.1) is 0 Å². The van der Waals surface area contributed by atoms with Crippen LogP contribution < -0.4 is 5.73 Å². The number of fused-ring (bicyclic) bond motifs is 1. The number of nitrogens with zero attached hydrogens (tertiary/aromatic N) is 1. The molecule has 3 rings (SSSR count). The van der Waals surface area contributed by atoms with Gasteiger partial charge in [-0.25, -0.2) is 4.39 Å². The van der Waals surface area contributed by atoms with Crippen molar-refractivity contribution in [1.29, 1.82) is 0 Å². The lowest BCUT2D eigenvalue weighted by atomic mass is 10.2. The van der Waals surface area contributed by atoms with Crippen molar-refractivity contribution in [2.24, 2.45) is 0 Å². The van der Waals surface area contributed by atoms with Crippen molar-refractivity contribution in [3.05, 3.63) is 48.4 Å². The summed E-state index contributed by atoms with van der Waals surface area (Å²) < 4.78 is 13.1. The molecule has 0 saturated heterocycles. The van der Waals surface area contributed by atoms with Crippen LogP contribution in [0.4, 0.5) is 10.1 Å². The topological polar surface area (TPSA) is 54.7 Å². The van der Waals surface area contributed by atoms with Crippen molar-refractivity contribution in [1.82, 2.24) is 9.97 Å². The zero-order valence-electron chi connectivity index (χ0n) is 8.94. The van der Waals surface area contributed by atoms with E-state index in [1.54, 1.807) is 24.4 Å². The molecule has 17 heavy (non-hydrogen) atoms. The molecule has 0 bridgehead atoms. The summed E-state index contributed by atoms with van der Waals surface area (Å²) in [6, 6.07) is 9.99. The summed E-state index contributed by atoms with van der Waals surface area (Å²) in [5.41, 5.74) is 8.82. The van der Waals surface area contributed by atoms with Crippen LogP contribution >= 0.6 is 0 Å². The van der Waals surface area contributed by atoms with Gasteiger partial charge in [0.05, 0.1) is 11.4 Å². The molecular weight excluding hydrogens is 217 g/mol. The van der Waals surface area contributed by atoms with Crippen LogP contribution in [0.5, 0.6) is 0 Å². The number of H-pyrrole nitrogens is 1. The van der Waals surface area contributed by atoms with Crippen LogP contribution in [0.1, 0.15) is 0 Å². The summed E-state index contributed by atoms with van der Waals surface area (Å²) in [5.74, 6) is -0.247. The van der Waals surface area contributed by atoms with Crippen LogP contribution in [0, 0.1) is 5.82 Å². The molecule has 0 aliphatic heterocycles. The van der Waals surface area contributed by atoms with E-state index in [0.717, 1.165) is 22.3 Å². The lowest BCUT2D eigenvalue weighted by molar-refractivity contribution is 0.630. The highest BCUT2D eigenvalue weighted by molar-refractivity contribution is 5.85. The van der Waals surface area contributed by atoms with Gasteiger partial charge in [-0.1, -0.05) is 0 Å². The minimum Gasteiger partial charge on any atom is -0.399 e. The first-order valence-electron chi connectivity index (χ1n) is 5.22. The second kappa shape index (κ2) is 3.59. The maximum Gasteiger partial charge on any atom is 0.123 e. The van der Waals surface area contributed by atoms with Crippen molar-refractivity contribution in [3.63, 3.8) is 0 Å². The Bertz CT molecular complexity index is 688. The monoisotopic (exact) mass is 227 g/mol. The standard InChI is InChI=1S/C13H10FN3/c14-9-1-2-11-8(5-9)6-13(17-11)12-7-10(15)3-4-16-12/h1-7,17H,(H2,15,16). The van der Waals surface area contributed by atoms with Crippen molar-refractivity contribution in [3.8, 4) is 11.4 Å². The minimum atomic E-state index is -0.247. The maximum absolute atomic E-state index is 13.1. The van der Waals surface area contributed by atoms with E-state index in [1.807, 2.05) is 6.07 Å². The second-order valence-electron chi connectivity index (χ2n) is 3.89. The fourth-order valence-electron chi connectivity index (χ4n) is 1.84. The van der Waals surface area contributed by atoms with Crippen molar-refractivity contribution in [2.75, 3.05) is 5.73 Å². The van der Waals surface area contributed by atoms with Gasteiger partial charge in [-0.05, 0) is 36.4 Å². The highest BCUT2D eigenvalue weighted by Crippen LogP contribution is 2.24. The summed E-state index contributed by atoms with van der Waals surface area (Å²) in [5, 5.41) is 0.823. The van der Waals surface area contributed by atoms with Gasteiger partial charge in [0.2, 0.25) is 0 Å². The zero-order valence-corrected chi connectivity index (χ0v) is 8.94. The molecule has 2 aromatic heterocycles. The highest BCUT2D eigenvalue weighted by Gasteiger charge is 2.05. The molecule has 0 fully saturated rings. The Labute approximate surface area is 97.1 Å². The molecule has 3 nitrogen and oxygen atoms in total. The summed E-state index contributed by atoms with van der Waals surface area (Å²) in [7, 11) is 0. The Balaban J connectivity index is 2.18. The predicted octanol–water partition coefficient (Wildman–Crippen LogP) is 2.95. The third kappa shape index (κ3) is 1.73. The first-order chi connectivity index (χ1) is 8.22. The van der Waals surface area contributed by atoms with Gasteiger partial charge in [0, 0.05) is 22.8 Å². The summed E-state index contributed by atoms with van der Waals surface area (Å²) in [6.45, 7) is 0. The zero-order chi connectivity index (χ0) is 11.8. The lowest BCUT2D eigenvalue weighted by Gasteiger charge is -1.97. The number of rotatable bonds is 1. The van der Waals surface area contributed by atoms with Gasteiger partial charge >= 0.3 is 0 Å². The number of halogens is 1.